The maximum atomic E-state index is 12.5. The minimum atomic E-state index is -0.112. The number of hydrogen-bond donors (Lipinski definition) is 2. The third-order valence-electron chi connectivity index (χ3n) is 4.50. The summed E-state index contributed by atoms with van der Waals surface area (Å²) in [4.78, 5) is 16.9. The number of nitrogens with one attached hydrogen (secondary N) is 2. The van der Waals surface area contributed by atoms with Crippen molar-refractivity contribution in [3.8, 4) is 22.1 Å². The van der Waals surface area contributed by atoms with Crippen LogP contribution in [0.5, 0.6) is 11.5 Å². The molecular formula is C17H21Cl2N3O3S. The molecule has 1 fully saturated rings. The normalized spacial score (nSPS) is 20.7. The first kappa shape index (κ1) is 20.8. The number of thiazole rings is 1. The SMILES string of the molecule is CC1CCNCC1NC(=O)c1csc(-c2ccc3c(c2)OCO3)n1.Cl.Cl. The minimum Gasteiger partial charge on any atom is -0.454 e. The van der Waals surface area contributed by atoms with Crippen molar-refractivity contribution in [1.82, 2.24) is 15.6 Å². The third-order valence-corrected chi connectivity index (χ3v) is 5.39. The van der Waals surface area contributed by atoms with E-state index in [1.165, 1.54) is 11.3 Å². The highest BCUT2D eigenvalue weighted by molar-refractivity contribution is 7.13. The summed E-state index contributed by atoms with van der Waals surface area (Å²) in [6.45, 7) is 4.24. The fraction of sp³-hybridized carbons (Fsp3) is 0.412. The van der Waals surface area contributed by atoms with Gasteiger partial charge in [-0.2, -0.15) is 0 Å². The molecule has 2 aromatic rings. The maximum Gasteiger partial charge on any atom is 0.271 e. The molecule has 6 nitrogen and oxygen atoms in total. The molecule has 1 saturated heterocycles. The second kappa shape index (κ2) is 8.90. The standard InChI is InChI=1S/C17H19N3O3S.2ClH/c1-10-4-5-18-7-12(10)19-16(21)13-8-24-17(20-13)11-2-3-14-15(6-11)23-9-22-14;;/h2-3,6,8,10,12,18H,4-5,7,9H2,1H3,(H,19,21);2*1H. The molecule has 3 heterocycles. The van der Waals surface area contributed by atoms with Gasteiger partial charge < -0.3 is 20.1 Å². The van der Waals surface area contributed by atoms with Crippen molar-refractivity contribution >= 4 is 42.1 Å². The van der Waals surface area contributed by atoms with Crippen molar-refractivity contribution < 1.29 is 14.3 Å². The van der Waals surface area contributed by atoms with Gasteiger partial charge in [-0.15, -0.1) is 36.2 Å². The number of rotatable bonds is 3. The van der Waals surface area contributed by atoms with E-state index in [1.54, 1.807) is 5.38 Å². The van der Waals surface area contributed by atoms with Crippen LogP contribution in [-0.4, -0.2) is 36.8 Å². The van der Waals surface area contributed by atoms with Crippen molar-refractivity contribution in [2.24, 2.45) is 5.92 Å². The van der Waals surface area contributed by atoms with Crippen LogP contribution in [-0.2, 0) is 0 Å². The lowest BCUT2D eigenvalue weighted by Gasteiger charge is -2.29. The Morgan fingerprint density at radius 2 is 2.12 bits per heavy atom. The number of nitrogens with zero attached hydrogens (tertiary/aromatic N) is 1. The molecule has 2 atom stereocenters. The molecule has 26 heavy (non-hydrogen) atoms. The Labute approximate surface area is 168 Å². The van der Waals surface area contributed by atoms with E-state index in [2.05, 4.69) is 22.5 Å². The Morgan fingerprint density at radius 3 is 2.92 bits per heavy atom. The molecule has 9 heteroatoms. The molecule has 2 unspecified atom stereocenters. The van der Waals surface area contributed by atoms with Crippen LogP contribution >= 0.6 is 36.2 Å². The van der Waals surface area contributed by atoms with Crippen molar-refractivity contribution in [2.75, 3.05) is 19.9 Å². The predicted octanol–water partition coefficient (Wildman–Crippen LogP) is 3.11. The summed E-state index contributed by atoms with van der Waals surface area (Å²) in [5, 5.41) is 9.01. The van der Waals surface area contributed by atoms with E-state index in [9.17, 15) is 4.79 Å². The number of carbonyl (C=O) groups is 1. The van der Waals surface area contributed by atoms with Crippen LogP contribution in [0.2, 0.25) is 0 Å². The smallest absolute Gasteiger partial charge is 0.271 e. The minimum absolute atomic E-state index is 0. The van der Waals surface area contributed by atoms with Gasteiger partial charge in [-0.05, 0) is 37.1 Å². The first-order valence-corrected chi connectivity index (χ1v) is 8.96. The van der Waals surface area contributed by atoms with Gasteiger partial charge in [0, 0.05) is 23.5 Å². The van der Waals surface area contributed by atoms with Crippen LogP contribution < -0.4 is 20.1 Å². The largest absolute Gasteiger partial charge is 0.454 e. The molecular weight excluding hydrogens is 397 g/mol. The number of amides is 1. The van der Waals surface area contributed by atoms with Crippen LogP contribution in [0.15, 0.2) is 23.6 Å². The van der Waals surface area contributed by atoms with Crippen LogP contribution in [0.4, 0.5) is 0 Å². The quantitative estimate of drug-likeness (QED) is 0.802. The summed E-state index contributed by atoms with van der Waals surface area (Å²) in [5.41, 5.74) is 1.39. The summed E-state index contributed by atoms with van der Waals surface area (Å²) in [6.07, 6.45) is 1.07. The third kappa shape index (κ3) is 4.23. The molecule has 0 radical (unpaired) electrons. The van der Waals surface area contributed by atoms with Gasteiger partial charge in [-0.25, -0.2) is 4.98 Å². The molecule has 1 amide bonds. The molecule has 2 N–H and O–H groups in total. The Hall–Kier alpha value is -1.54. The van der Waals surface area contributed by atoms with E-state index >= 15 is 0 Å². The Kier molecular flexibility index (Phi) is 7.11. The molecule has 0 bridgehead atoms. The van der Waals surface area contributed by atoms with Gasteiger partial charge in [0.1, 0.15) is 10.7 Å². The molecule has 0 aliphatic carbocycles. The van der Waals surface area contributed by atoms with Crippen molar-refractivity contribution in [2.45, 2.75) is 19.4 Å². The summed E-state index contributed by atoms with van der Waals surface area (Å²) in [5.74, 6) is 1.82. The molecule has 2 aliphatic rings. The van der Waals surface area contributed by atoms with Gasteiger partial charge in [-0.1, -0.05) is 6.92 Å². The molecule has 0 saturated carbocycles. The van der Waals surface area contributed by atoms with E-state index in [1.807, 2.05) is 18.2 Å². The Bertz CT molecular complexity index is 771. The van der Waals surface area contributed by atoms with E-state index in [0.717, 1.165) is 41.6 Å². The fourth-order valence-corrected chi connectivity index (χ4v) is 3.76. The second-order valence-corrected chi connectivity index (χ2v) is 7.01. The molecule has 142 valence electrons. The second-order valence-electron chi connectivity index (χ2n) is 6.16. The van der Waals surface area contributed by atoms with Crippen molar-refractivity contribution in [3.05, 3.63) is 29.3 Å². The average Bonchev–Trinajstić information content (AvgIpc) is 3.25. The summed E-state index contributed by atoms with van der Waals surface area (Å²) in [6, 6.07) is 5.85. The van der Waals surface area contributed by atoms with Crippen LogP contribution in [0.1, 0.15) is 23.8 Å². The van der Waals surface area contributed by atoms with Gasteiger partial charge in [-0.3, -0.25) is 4.79 Å². The van der Waals surface area contributed by atoms with Gasteiger partial charge in [0.05, 0.1) is 0 Å². The fourth-order valence-electron chi connectivity index (χ4n) is 2.97. The van der Waals surface area contributed by atoms with E-state index in [-0.39, 0.29) is 43.6 Å². The van der Waals surface area contributed by atoms with Crippen molar-refractivity contribution in [1.29, 1.82) is 0 Å². The number of fused-ring (bicyclic) bond motifs is 1. The maximum absolute atomic E-state index is 12.5. The van der Waals surface area contributed by atoms with Crippen LogP contribution in [0.3, 0.4) is 0 Å². The Morgan fingerprint density at radius 1 is 1.31 bits per heavy atom. The van der Waals surface area contributed by atoms with Gasteiger partial charge in [0.15, 0.2) is 11.5 Å². The van der Waals surface area contributed by atoms with Gasteiger partial charge in [0.2, 0.25) is 6.79 Å². The first-order chi connectivity index (χ1) is 11.7. The predicted molar refractivity (Wildman–Crippen MR) is 106 cm³/mol. The van der Waals surface area contributed by atoms with Crippen molar-refractivity contribution in [3.63, 3.8) is 0 Å². The summed E-state index contributed by atoms with van der Waals surface area (Å²) >= 11 is 1.46. The number of carbonyl (C=O) groups excluding carboxylic acids is 1. The Balaban J connectivity index is 0.00000121. The zero-order valence-corrected chi connectivity index (χ0v) is 16.6. The highest BCUT2D eigenvalue weighted by atomic mass is 35.5. The molecule has 0 spiro atoms. The van der Waals surface area contributed by atoms with Gasteiger partial charge in [0.25, 0.3) is 5.91 Å². The highest BCUT2D eigenvalue weighted by Gasteiger charge is 2.24. The molecule has 2 aliphatic heterocycles. The topological polar surface area (TPSA) is 72.5 Å². The average molecular weight is 418 g/mol. The molecule has 1 aromatic carbocycles. The lowest BCUT2D eigenvalue weighted by atomic mass is 9.95. The number of ether oxygens (including phenoxy) is 2. The van der Waals surface area contributed by atoms with E-state index < -0.39 is 0 Å². The van der Waals surface area contributed by atoms with E-state index in [4.69, 9.17) is 9.47 Å². The number of aromatic nitrogens is 1. The van der Waals surface area contributed by atoms with Crippen LogP contribution in [0.25, 0.3) is 10.6 Å². The first-order valence-electron chi connectivity index (χ1n) is 8.08. The molecule has 4 rings (SSSR count). The lowest BCUT2D eigenvalue weighted by molar-refractivity contribution is 0.0911. The zero-order chi connectivity index (χ0) is 16.5. The van der Waals surface area contributed by atoms with E-state index in [0.29, 0.717) is 11.6 Å². The zero-order valence-electron chi connectivity index (χ0n) is 14.2. The number of piperidine rings is 1. The lowest BCUT2D eigenvalue weighted by Crippen LogP contribution is -2.50. The molecule has 1 aromatic heterocycles. The van der Waals surface area contributed by atoms with Gasteiger partial charge >= 0.3 is 0 Å². The number of halogens is 2. The summed E-state index contributed by atoms with van der Waals surface area (Å²) < 4.78 is 10.7. The number of hydrogen-bond acceptors (Lipinski definition) is 6. The summed E-state index contributed by atoms with van der Waals surface area (Å²) in [7, 11) is 0. The number of benzene rings is 1. The highest BCUT2D eigenvalue weighted by Crippen LogP contribution is 2.36. The van der Waals surface area contributed by atoms with Crippen LogP contribution in [0, 0.1) is 5.92 Å². The monoisotopic (exact) mass is 417 g/mol.